The minimum absolute atomic E-state index is 0.0381. The summed E-state index contributed by atoms with van der Waals surface area (Å²) < 4.78 is 0. The number of nitrogens with zero attached hydrogens (tertiary/aromatic N) is 1. The van der Waals surface area contributed by atoms with Gasteiger partial charge in [-0.25, -0.2) is 0 Å². The summed E-state index contributed by atoms with van der Waals surface area (Å²) in [6, 6.07) is 50.7. The number of fused-ring (bicyclic) bond motifs is 5. The van der Waals surface area contributed by atoms with Gasteiger partial charge < -0.3 is 4.90 Å². The van der Waals surface area contributed by atoms with Gasteiger partial charge in [0.2, 0.25) is 0 Å². The molecular weight excluding hydrogens is 460 g/mol. The molecule has 1 saturated heterocycles. The Morgan fingerprint density at radius 3 is 1.87 bits per heavy atom. The van der Waals surface area contributed by atoms with Crippen molar-refractivity contribution in [1.82, 2.24) is 5.32 Å². The van der Waals surface area contributed by atoms with Gasteiger partial charge in [0, 0.05) is 11.3 Å². The summed E-state index contributed by atoms with van der Waals surface area (Å²) >= 11 is 0. The van der Waals surface area contributed by atoms with Gasteiger partial charge >= 0.3 is 0 Å². The van der Waals surface area contributed by atoms with Gasteiger partial charge in [-0.05, 0) is 66.9 Å². The van der Waals surface area contributed by atoms with Crippen LogP contribution in [0.5, 0.6) is 0 Å². The van der Waals surface area contributed by atoms with Gasteiger partial charge in [-0.1, -0.05) is 121 Å². The quantitative estimate of drug-likeness (QED) is 0.198. The van der Waals surface area contributed by atoms with Gasteiger partial charge in [0.05, 0.1) is 0 Å². The zero-order chi connectivity index (χ0) is 25.1. The monoisotopic (exact) mass is 486 g/mol. The highest BCUT2D eigenvalue weighted by Crippen LogP contribution is 2.48. The molecule has 0 aliphatic carbocycles. The van der Waals surface area contributed by atoms with Gasteiger partial charge in [-0.3, -0.25) is 5.32 Å². The molecule has 1 aliphatic rings. The van der Waals surface area contributed by atoms with E-state index in [-0.39, 0.29) is 12.3 Å². The Hall–Kier alpha value is -4.66. The third kappa shape index (κ3) is 3.17. The van der Waals surface area contributed by atoms with E-state index in [1.807, 2.05) is 0 Å². The number of hydrogen-bond donors (Lipinski definition) is 1. The molecule has 0 amide bonds. The van der Waals surface area contributed by atoms with Crippen molar-refractivity contribution in [3.05, 3.63) is 151 Å². The predicted molar refractivity (Wildman–Crippen MR) is 160 cm³/mol. The normalized spacial score (nSPS) is 17.3. The lowest BCUT2D eigenvalue weighted by molar-refractivity contribution is 0.281. The molecular formula is C36H26N2. The van der Waals surface area contributed by atoms with E-state index in [2.05, 4.69) is 150 Å². The molecule has 1 heterocycles. The fourth-order valence-corrected chi connectivity index (χ4v) is 6.38. The number of benzene rings is 7. The largest absolute Gasteiger partial charge is 0.332 e. The summed E-state index contributed by atoms with van der Waals surface area (Å²) in [6.07, 6.45) is 0.110. The second-order valence-electron chi connectivity index (χ2n) is 10.2. The highest BCUT2D eigenvalue weighted by molar-refractivity contribution is 6.14. The molecule has 7 aromatic carbocycles. The lowest BCUT2D eigenvalue weighted by Crippen LogP contribution is -2.58. The van der Waals surface area contributed by atoms with Crippen LogP contribution >= 0.6 is 0 Å². The Labute approximate surface area is 221 Å². The van der Waals surface area contributed by atoms with Gasteiger partial charge in [0.25, 0.3) is 0 Å². The molecule has 1 aliphatic heterocycles. The van der Waals surface area contributed by atoms with E-state index in [0.717, 1.165) is 0 Å². The van der Waals surface area contributed by atoms with Crippen molar-refractivity contribution in [3.63, 3.8) is 0 Å². The zero-order valence-electron chi connectivity index (χ0n) is 20.9. The molecule has 0 bridgehead atoms. The summed E-state index contributed by atoms with van der Waals surface area (Å²) in [7, 11) is 0. The van der Waals surface area contributed by atoms with Crippen molar-refractivity contribution in [2.75, 3.05) is 4.90 Å². The Kier molecular flexibility index (Phi) is 4.76. The van der Waals surface area contributed by atoms with Crippen molar-refractivity contribution in [1.29, 1.82) is 0 Å². The predicted octanol–water partition coefficient (Wildman–Crippen LogP) is 9.11. The maximum atomic E-state index is 4.01. The maximum absolute atomic E-state index is 4.01. The number of hydrogen-bond acceptors (Lipinski definition) is 2. The summed E-state index contributed by atoms with van der Waals surface area (Å²) in [6.45, 7) is 0. The lowest BCUT2D eigenvalue weighted by atomic mass is 9.88. The summed E-state index contributed by atoms with van der Waals surface area (Å²) in [5.41, 5.74) is 3.86. The van der Waals surface area contributed by atoms with Gasteiger partial charge in [0.1, 0.15) is 12.3 Å². The maximum Gasteiger partial charge on any atom is 0.110 e. The second kappa shape index (κ2) is 8.44. The molecule has 38 heavy (non-hydrogen) atoms. The third-order valence-electron chi connectivity index (χ3n) is 8.13. The van der Waals surface area contributed by atoms with Gasteiger partial charge in [-0.2, -0.15) is 0 Å². The first-order valence-corrected chi connectivity index (χ1v) is 13.3. The van der Waals surface area contributed by atoms with E-state index in [4.69, 9.17) is 0 Å². The molecule has 180 valence electrons. The van der Waals surface area contributed by atoms with Gasteiger partial charge in [-0.15, -0.1) is 0 Å². The van der Waals surface area contributed by atoms with E-state index in [0.29, 0.717) is 0 Å². The van der Waals surface area contributed by atoms with Crippen LogP contribution in [0, 0.1) is 0 Å². The second-order valence-corrected chi connectivity index (χ2v) is 10.2. The summed E-state index contributed by atoms with van der Waals surface area (Å²) in [4.78, 5) is 2.55. The fourth-order valence-electron chi connectivity index (χ4n) is 6.38. The van der Waals surface area contributed by atoms with Crippen molar-refractivity contribution < 1.29 is 0 Å². The molecule has 0 saturated carbocycles. The van der Waals surface area contributed by atoms with Crippen molar-refractivity contribution in [2.24, 2.45) is 0 Å². The SMILES string of the molecule is c1ccc(N2C(c3cccc4ccccc34)NC2c2c3ccccc3cc3c2ccc2ccccc23)cc1. The molecule has 0 aromatic heterocycles. The zero-order valence-corrected chi connectivity index (χ0v) is 20.9. The number of rotatable bonds is 3. The van der Waals surface area contributed by atoms with E-state index in [1.54, 1.807) is 0 Å². The van der Waals surface area contributed by atoms with Crippen LogP contribution in [0.2, 0.25) is 0 Å². The van der Waals surface area contributed by atoms with E-state index < -0.39 is 0 Å². The van der Waals surface area contributed by atoms with Crippen LogP contribution in [0.1, 0.15) is 23.5 Å². The van der Waals surface area contributed by atoms with Crippen LogP contribution in [0.25, 0.3) is 43.1 Å². The van der Waals surface area contributed by atoms with Crippen LogP contribution < -0.4 is 10.2 Å². The molecule has 1 N–H and O–H groups in total. The minimum Gasteiger partial charge on any atom is -0.332 e. The van der Waals surface area contributed by atoms with Crippen LogP contribution in [0.3, 0.4) is 0 Å². The van der Waals surface area contributed by atoms with Gasteiger partial charge in [0.15, 0.2) is 0 Å². The Morgan fingerprint density at radius 2 is 1.05 bits per heavy atom. The number of para-hydroxylation sites is 1. The van der Waals surface area contributed by atoms with Crippen LogP contribution in [0.15, 0.2) is 140 Å². The summed E-state index contributed by atoms with van der Waals surface area (Å²) in [5.74, 6) is 0. The average Bonchev–Trinajstić information content (AvgIpc) is 2.97. The fraction of sp³-hybridized carbons (Fsp3) is 0.0556. The van der Waals surface area contributed by atoms with Crippen molar-refractivity contribution in [3.8, 4) is 0 Å². The van der Waals surface area contributed by atoms with Crippen LogP contribution in [-0.4, -0.2) is 0 Å². The highest BCUT2D eigenvalue weighted by atomic mass is 15.5. The first-order chi connectivity index (χ1) is 18.9. The Morgan fingerprint density at radius 1 is 0.421 bits per heavy atom. The first-order valence-electron chi connectivity index (χ1n) is 13.3. The standard InChI is InChI=1S/C36H26N2/c1-2-15-27(16-3-1)38-35(32-20-10-14-24-11-4-7-17-28(24)32)37-36(38)34-30-19-9-6-13-26(30)23-33-29-18-8-5-12-25(29)21-22-31(33)34/h1-23,35-37H. The van der Waals surface area contributed by atoms with Crippen molar-refractivity contribution >= 4 is 48.8 Å². The van der Waals surface area contributed by atoms with E-state index in [9.17, 15) is 0 Å². The molecule has 2 nitrogen and oxygen atoms in total. The average molecular weight is 487 g/mol. The van der Waals surface area contributed by atoms with E-state index in [1.165, 1.54) is 59.9 Å². The smallest absolute Gasteiger partial charge is 0.110 e. The summed E-state index contributed by atoms with van der Waals surface area (Å²) in [5, 5.41) is 14.3. The molecule has 0 spiro atoms. The number of anilines is 1. The van der Waals surface area contributed by atoms with Crippen molar-refractivity contribution in [2.45, 2.75) is 12.3 Å². The molecule has 7 aromatic rings. The molecule has 0 radical (unpaired) electrons. The molecule has 2 unspecified atom stereocenters. The Bertz CT molecular complexity index is 1970. The number of nitrogens with one attached hydrogen (secondary N) is 1. The third-order valence-corrected chi connectivity index (χ3v) is 8.13. The first kappa shape index (κ1) is 21.4. The Balaban J connectivity index is 1.39. The molecule has 2 heteroatoms. The molecule has 2 atom stereocenters. The highest BCUT2D eigenvalue weighted by Gasteiger charge is 2.41. The topological polar surface area (TPSA) is 15.3 Å². The van der Waals surface area contributed by atoms with E-state index >= 15 is 0 Å². The minimum atomic E-state index is 0.0381. The lowest BCUT2D eigenvalue weighted by Gasteiger charge is -2.52. The van der Waals surface area contributed by atoms with Crippen LogP contribution in [0.4, 0.5) is 5.69 Å². The molecule has 8 rings (SSSR count). The van der Waals surface area contributed by atoms with Crippen LogP contribution in [-0.2, 0) is 0 Å². The molecule has 1 fully saturated rings.